The van der Waals surface area contributed by atoms with Gasteiger partial charge in [-0.2, -0.15) is 4.98 Å². The van der Waals surface area contributed by atoms with Crippen LogP contribution in [0.25, 0.3) is 39.7 Å². The number of nitrogen functional groups attached to an aromatic ring is 1. The minimum atomic E-state index is -0.498. The SMILES string of the molecule is CC(C)(C)OC(=O)N1CCC(COc2ccc3c(c2)nc(-c2ccncc2)n3-c2cc(-c3ccco3)nc(N)n2)CC1. The second-order valence-corrected chi connectivity index (χ2v) is 11.3. The van der Waals surface area contributed by atoms with Crippen molar-refractivity contribution in [2.75, 3.05) is 25.4 Å². The number of piperidine rings is 1. The molecule has 1 aliphatic rings. The van der Waals surface area contributed by atoms with Gasteiger partial charge in [0.15, 0.2) is 5.76 Å². The highest BCUT2D eigenvalue weighted by Gasteiger charge is 2.27. The van der Waals surface area contributed by atoms with Gasteiger partial charge >= 0.3 is 6.09 Å². The van der Waals surface area contributed by atoms with Crippen LogP contribution >= 0.6 is 0 Å². The standard InChI is InChI=1S/C31H33N7O4/c1-31(2,3)42-30(39)37-14-10-20(11-15-37)19-41-22-6-7-25-23(17-22)34-28(21-8-12-33-13-9-21)38(25)27-18-24(35-29(32)36-27)26-5-4-16-40-26/h4-9,12-13,16-18,20H,10-11,14-15,19H2,1-3H3,(H2,32,35,36). The Labute approximate surface area is 243 Å². The van der Waals surface area contributed by atoms with Gasteiger partial charge in [-0.3, -0.25) is 9.55 Å². The summed E-state index contributed by atoms with van der Waals surface area (Å²) < 4.78 is 19.2. The summed E-state index contributed by atoms with van der Waals surface area (Å²) in [6, 6.07) is 15.1. The van der Waals surface area contributed by atoms with E-state index in [4.69, 9.17) is 24.6 Å². The van der Waals surface area contributed by atoms with E-state index < -0.39 is 5.60 Å². The zero-order valence-electron chi connectivity index (χ0n) is 23.9. The molecule has 0 atom stereocenters. The van der Waals surface area contributed by atoms with Crippen LogP contribution in [0.1, 0.15) is 33.6 Å². The highest BCUT2D eigenvalue weighted by Crippen LogP contribution is 2.32. The molecule has 1 saturated heterocycles. The first-order chi connectivity index (χ1) is 20.2. The summed E-state index contributed by atoms with van der Waals surface area (Å²) in [7, 11) is 0. The smallest absolute Gasteiger partial charge is 0.410 e. The van der Waals surface area contributed by atoms with Gasteiger partial charge in [-0.25, -0.2) is 14.8 Å². The van der Waals surface area contributed by atoms with Gasteiger partial charge in [0, 0.05) is 43.2 Å². The molecular weight excluding hydrogens is 534 g/mol. The van der Waals surface area contributed by atoms with Gasteiger partial charge in [-0.15, -0.1) is 0 Å². The number of rotatable bonds is 6. The largest absolute Gasteiger partial charge is 0.493 e. The first kappa shape index (κ1) is 27.3. The molecule has 0 radical (unpaired) electrons. The van der Waals surface area contributed by atoms with Crippen LogP contribution in [0.4, 0.5) is 10.7 Å². The van der Waals surface area contributed by atoms with Crippen molar-refractivity contribution < 1.29 is 18.7 Å². The number of ether oxygens (including phenoxy) is 2. The number of likely N-dealkylation sites (tertiary alicyclic amines) is 1. The molecule has 216 valence electrons. The molecule has 0 aliphatic carbocycles. The van der Waals surface area contributed by atoms with Gasteiger partial charge in [0.25, 0.3) is 0 Å². The highest BCUT2D eigenvalue weighted by atomic mass is 16.6. The van der Waals surface area contributed by atoms with Crippen LogP contribution in [0.15, 0.2) is 71.6 Å². The van der Waals surface area contributed by atoms with Gasteiger partial charge < -0.3 is 24.5 Å². The molecule has 0 unspecified atom stereocenters. The number of aromatic nitrogens is 5. The molecule has 5 heterocycles. The number of nitrogens with zero attached hydrogens (tertiary/aromatic N) is 6. The van der Waals surface area contributed by atoms with E-state index in [-0.39, 0.29) is 12.0 Å². The van der Waals surface area contributed by atoms with Gasteiger partial charge in [0.1, 0.15) is 28.7 Å². The zero-order valence-corrected chi connectivity index (χ0v) is 23.9. The third-order valence-electron chi connectivity index (χ3n) is 7.05. The van der Waals surface area contributed by atoms with Gasteiger partial charge in [0.2, 0.25) is 5.95 Å². The molecular formula is C31H33N7O4. The third-order valence-corrected chi connectivity index (χ3v) is 7.05. The van der Waals surface area contributed by atoms with Gasteiger partial charge in [-0.05, 0) is 75.9 Å². The number of benzene rings is 1. The number of furan rings is 1. The maximum Gasteiger partial charge on any atom is 0.410 e. The Kier molecular flexibility index (Phi) is 7.24. The average molecular weight is 568 g/mol. The Bertz CT molecular complexity index is 1690. The molecule has 0 saturated carbocycles. The Morgan fingerprint density at radius 1 is 1.05 bits per heavy atom. The quantitative estimate of drug-likeness (QED) is 0.272. The number of pyridine rings is 1. The van der Waals surface area contributed by atoms with E-state index in [2.05, 4.69) is 15.0 Å². The summed E-state index contributed by atoms with van der Waals surface area (Å²) in [6.45, 7) is 7.51. The summed E-state index contributed by atoms with van der Waals surface area (Å²) in [5.41, 5.74) is 8.66. The second-order valence-electron chi connectivity index (χ2n) is 11.3. The maximum absolute atomic E-state index is 12.4. The number of carbonyl (C=O) groups excluding carboxylic acids is 1. The minimum absolute atomic E-state index is 0.124. The van der Waals surface area contributed by atoms with E-state index in [0.717, 1.165) is 35.2 Å². The number of nitrogens with two attached hydrogens (primary N) is 1. The predicted octanol–water partition coefficient (Wildman–Crippen LogP) is 5.75. The van der Waals surface area contributed by atoms with Crippen molar-refractivity contribution >= 4 is 23.1 Å². The van der Waals surface area contributed by atoms with Gasteiger partial charge in [-0.1, -0.05) is 0 Å². The van der Waals surface area contributed by atoms with Crippen LogP contribution < -0.4 is 10.5 Å². The molecule has 2 N–H and O–H groups in total. The van der Waals surface area contributed by atoms with Crippen molar-refractivity contribution in [3.63, 3.8) is 0 Å². The van der Waals surface area contributed by atoms with Gasteiger partial charge in [0.05, 0.1) is 23.9 Å². The Morgan fingerprint density at radius 3 is 2.55 bits per heavy atom. The molecule has 11 nitrogen and oxygen atoms in total. The lowest BCUT2D eigenvalue weighted by molar-refractivity contribution is 0.0165. The molecule has 0 spiro atoms. The molecule has 6 rings (SSSR count). The molecule has 1 amide bonds. The van der Waals surface area contributed by atoms with Crippen LogP contribution in [-0.2, 0) is 4.74 Å². The number of amides is 1. The fraction of sp³-hybridized carbons (Fsp3) is 0.323. The summed E-state index contributed by atoms with van der Waals surface area (Å²) in [6.07, 6.45) is 6.50. The number of fused-ring (bicyclic) bond motifs is 1. The fourth-order valence-electron chi connectivity index (χ4n) is 5.02. The Morgan fingerprint density at radius 2 is 1.83 bits per heavy atom. The van der Waals surface area contributed by atoms with Crippen molar-refractivity contribution in [2.24, 2.45) is 5.92 Å². The topological polar surface area (TPSA) is 134 Å². The molecule has 5 aromatic rings. The molecule has 0 bridgehead atoms. The monoisotopic (exact) mass is 567 g/mol. The molecule has 1 aromatic carbocycles. The van der Waals surface area contributed by atoms with Crippen LogP contribution in [0.5, 0.6) is 5.75 Å². The summed E-state index contributed by atoms with van der Waals surface area (Å²) in [5.74, 6) is 3.03. The fourth-order valence-corrected chi connectivity index (χ4v) is 5.02. The van der Waals surface area contributed by atoms with E-state index in [9.17, 15) is 4.79 Å². The normalized spacial score (nSPS) is 14.3. The number of anilines is 1. The summed E-state index contributed by atoms with van der Waals surface area (Å²) >= 11 is 0. The number of imidazole rings is 1. The molecule has 11 heteroatoms. The van der Waals surface area contributed by atoms with Crippen molar-refractivity contribution in [3.8, 4) is 34.4 Å². The predicted molar refractivity (Wildman–Crippen MR) is 158 cm³/mol. The van der Waals surface area contributed by atoms with Crippen molar-refractivity contribution in [1.82, 2.24) is 29.4 Å². The van der Waals surface area contributed by atoms with Crippen molar-refractivity contribution in [1.29, 1.82) is 0 Å². The van der Waals surface area contributed by atoms with Crippen LogP contribution in [-0.4, -0.2) is 60.8 Å². The van der Waals surface area contributed by atoms with E-state index in [0.29, 0.717) is 48.7 Å². The lowest BCUT2D eigenvalue weighted by Gasteiger charge is -2.33. The highest BCUT2D eigenvalue weighted by molar-refractivity contribution is 5.84. The van der Waals surface area contributed by atoms with Crippen LogP contribution in [0.2, 0.25) is 0 Å². The summed E-state index contributed by atoms with van der Waals surface area (Å²) in [4.78, 5) is 32.2. The molecule has 4 aromatic heterocycles. The number of hydrogen-bond acceptors (Lipinski definition) is 9. The lowest BCUT2D eigenvalue weighted by Crippen LogP contribution is -2.42. The first-order valence-electron chi connectivity index (χ1n) is 14.0. The Balaban J connectivity index is 1.25. The van der Waals surface area contributed by atoms with Crippen molar-refractivity contribution in [3.05, 3.63) is 67.2 Å². The van der Waals surface area contributed by atoms with E-state index >= 15 is 0 Å². The first-order valence-corrected chi connectivity index (χ1v) is 14.0. The van der Waals surface area contributed by atoms with E-state index in [1.54, 1.807) is 29.6 Å². The van der Waals surface area contributed by atoms with E-state index in [1.165, 1.54) is 0 Å². The molecule has 42 heavy (non-hydrogen) atoms. The summed E-state index contributed by atoms with van der Waals surface area (Å²) in [5, 5.41) is 0. The average Bonchev–Trinajstić information content (AvgIpc) is 3.64. The van der Waals surface area contributed by atoms with Crippen LogP contribution in [0, 0.1) is 5.92 Å². The maximum atomic E-state index is 12.4. The minimum Gasteiger partial charge on any atom is -0.493 e. The molecule has 1 fully saturated rings. The number of carbonyl (C=O) groups is 1. The third kappa shape index (κ3) is 5.90. The Hall–Kier alpha value is -4.93. The number of hydrogen-bond donors (Lipinski definition) is 1. The van der Waals surface area contributed by atoms with Crippen LogP contribution in [0.3, 0.4) is 0 Å². The van der Waals surface area contributed by atoms with Crippen molar-refractivity contribution in [2.45, 2.75) is 39.2 Å². The second kappa shape index (κ2) is 11.2. The zero-order chi connectivity index (χ0) is 29.3. The lowest BCUT2D eigenvalue weighted by atomic mass is 9.98. The van der Waals surface area contributed by atoms with E-state index in [1.807, 2.05) is 67.8 Å². The molecule has 1 aliphatic heterocycles.